The van der Waals surface area contributed by atoms with Gasteiger partial charge in [-0.2, -0.15) is 0 Å². The first-order chi connectivity index (χ1) is 9.60. The van der Waals surface area contributed by atoms with Crippen LogP contribution in [0.5, 0.6) is 0 Å². The van der Waals surface area contributed by atoms with Gasteiger partial charge in [0.15, 0.2) is 5.69 Å². The molecule has 0 aliphatic rings. The summed E-state index contributed by atoms with van der Waals surface area (Å²) in [5.74, 6) is -0.526. The molecule has 0 bridgehead atoms. The number of nitro groups is 1. The molecule has 1 aromatic heterocycles. The number of carbonyl (C=O) groups excluding carboxylic acids is 1. The van der Waals surface area contributed by atoms with Gasteiger partial charge in [0.1, 0.15) is 0 Å². The Labute approximate surface area is 114 Å². The largest absolute Gasteiger partial charge is 0.461 e. The molecular weight excluding hydrogens is 264 g/mol. The Morgan fingerprint density at radius 1 is 1.40 bits per heavy atom. The van der Waals surface area contributed by atoms with Gasteiger partial charge in [0.25, 0.3) is 5.69 Å². The Bertz CT molecular complexity index is 621. The summed E-state index contributed by atoms with van der Waals surface area (Å²) in [7, 11) is 0. The number of nitro benzene ring substituents is 1. The van der Waals surface area contributed by atoms with Gasteiger partial charge in [0, 0.05) is 12.1 Å². The lowest BCUT2D eigenvalue weighted by atomic mass is 10.2. The second-order valence-corrected chi connectivity index (χ2v) is 3.95. The summed E-state index contributed by atoms with van der Waals surface area (Å²) in [5.41, 5.74) is 0.976. The summed E-state index contributed by atoms with van der Waals surface area (Å²) >= 11 is 0. The molecule has 0 fully saturated rings. The van der Waals surface area contributed by atoms with Crippen LogP contribution in [-0.4, -0.2) is 32.5 Å². The van der Waals surface area contributed by atoms with Crippen molar-refractivity contribution in [3.05, 3.63) is 51.8 Å². The lowest BCUT2D eigenvalue weighted by Crippen LogP contribution is -2.05. The molecular formula is C12H12N4O4. The molecule has 2 aromatic rings. The monoisotopic (exact) mass is 276 g/mol. The van der Waals surface area contributed by atoms with Crippen molar-refractivity contribution in [2.75, 3.05) is 6.61 Å². The van der Waals surface area contributed by atoms with Crippen molar-refractivity contribution in [3.8, 4) is 0 Å². The average Bonchev–Trinajstić information content (AvgIpc) is 2.88. The minimum Gasteiger partial charge on any atom is -0.461 e. The zero-order valence-electron chi connectivity index (χ0n) is 10.7. The van der Waals surface area contributed by atoms with Gasteiger partial charge >= 0.3 is 5.97 Å². The van der Waals surface area contributed by atoms with Gasteiger partial charge in [-0.1, -0.05) is 17.3 Å². The Morgan fingerprint density at radius 3 is 2.70 bits per heavy atom. The van der Waals surface area contributed by atoms with Crippen molar-refractivity contribution < 1.29 is 14.5 Å². The predicted molar refractivity (Wildman–Crippen MR) is 68.2 cm³/mol. The summed E-state index contributed by atoms with van der Waals surface area (Å²) < 4.78 is 6.27. The van der Waals surface area contributed by atoms with Crippen LogP contribution in [-0.2, 0) is 11.3 Å². The third-order valence-electron chi connectivity index (χ3n) is 2.51. The molecule has 0 radical (unpaired) electrons. The number of benzene rings is 1. The molecule has 8 heteroatoms. The van der Waals surface area contributed by atoms with Crippen molar-refractivity contribution in [1.82, 2.24) is 15.0 Å². The number of non-ortho nitro benzene ring substituents is 1. The average molecular weight is 276 g/mol. The second-order valence-electron chi connectivity index (χ2n) is 3.95. The molecule has 0 spiro atoms. The van der Waals surface area contributed by atoms with E-state index in [1.54, 1.807) is 19.1 Å². The van der Waals surface area contributed by atoms with Crippen LogP contribution in [0.1, 0.15) is 23.0 Å². The van der Waals surface area contributed by atoms with E-state index in [2.05, 4.69) is 10.3 Å². The first-order valence-corrected chi connectivity index (χ1v) is 5.90. The zero-order chi connectivity index (χ0) is 14.5. The molecule has 0 unspecified atom stereocenters. The number of ether oxygens (including phenoxy) is 1. The van der Waals surface area contributed by atoms with E-state index in [1.807, 2.05) is 0 Å². The third-order valence-corrected chi connectivity index (χ3v) is 2.51. The van der Waals surface area contributed by atoms with E-state index in [-0.39, 0.29) is 18.0 Å². The maximum absolute atomic E-state index is 11.4. The van der Waals surface area contributed by atoms with Crippen LogP contribution in [0.15, 0.2) is 30.5 Å². The lowest BCUT2D eigenvalue weighted by Gasteiger charge is -2.00. The topological polar surface area (TPSA) is 100 Å². The Kier molecular flexibility index (Phi) is 4.04. The molecule has 0 amide bonds. The van der Waals surface area contributed by atoms with E-state index in [0.29, 0.717) is 6.54 Å². The van der Waals surface area contributed by atoms with E-state index in [4.69, 9.17) is 4.74 Å². The van der Waals surface area contributed by atoms with Crippen LogP contribution >= 0.6 is 0 Å². The molecule has 104 valence electrons. The summed E-state index contributed by atoms with van der Waals surface area (Å²) in [6.07, 6.45) is 1.47. The smallest absolute Gasteiger partial charge is 0.360 e. The van der Waals surface area contributed by atoms with Gasteiger partial charge in [-0.15, -0.1) is 5.10 Å². The summed E-state index contributed by atoms with van der Waals surface area (Å²) in [6, 6.07) is 6.09. The van der Waals surface area contributed by atoms with Gasteiger partial charge in [-0.05, 0) is 12.5 Å². The third kappa shape index (κ3) is 3.16. The molecule has 0 saturated heterocycles. The van der Waals surface area contributed by atoms with Gasteiger partial charge in [-0.3, -0.25) is 10.1 Å². The fourth-order valence-corrected chi connectivity index (χ4v) is 1.58. The fourth-order valence-electron chi connectivity index (χ4n) is 1.58. The highest BCUT2D eigenvalue weighted by atomic mass is 16.6. The number of carbonyl (C=O) groups is 1. The standard InChI is InChI=1S/C12H12N4O4/c1-2-20-12(17)11-8-15(14-13-11)7-9-3-5-10(6-4-9)16(18)19/h3-6,8H,2,7H2,1H3. The number of nitrogens with zero attached hydrogens (tertiary/aromatic N) is 4. The van der Waals surface area contributed by atoms with Crippen molar-refractivity contribution in [2.24, 2.45) is 0 Å². The number of esters is 1. The number of rotatable bonds is 5. The van der Waals surface area contributed by atoms with Gasteiger partial charge < -0.3 is 4.74 Å². The molecule has 1 heterocycles. The van der Waals surface area contributed by atoms with Crippen LogP contribution in [0.2, 0.25) is 0 Å². The van der Waals surface area contributed by atoms with E-state index in [9.17, 15) is 14.9 Å². The number of aromatic nitrogens is 3. The van der Waals surface area contributed by atoms with Crippen LogP contribution in [0.25, 0.3) is 0 Å². The van der Waals surface area contributed by atoms with Crippen LogP contribution in [0, 0.1) is 10.1 Å². The molecule has 2 rings (SSSR count). The predicted octanol–water partition coefficient (Wildman–Crippen LogP) is 1.41. The van der Waals surface area contributed by atoms with Crippen LogP contribution in [0.3, 0.4) is 0 Å². The SMILES string of the molecule is CCOC(=O)c1cn(Cc2ccc([N+](=O)[O-])cc2)nn1. The molecule has 1 aromatic carbocycles. The quantitative estimate of drug-likeness (QED) is 0.465. The van der Waals surface area contributed by atoms with Gasteiger partial charge in [-0.25, -0.2) is 9.48 Å². The summed E-state index contributed by atoms with van der Waals surface area (Å²) in [6.45, 7) is 2.34. The van der Waals surface area contributed by atoms with E-state index >= 15 is 0 Å². The van der Waals surface area contributed by atoms with Crippen molar-refractivity contribution >= 4 is 11.7 Å². The second kappa shape index (κ2) is 5.91. The van der Waals surface area contributed by atoms with E-state index in [1.165, 1.54) is 23.0 Å². The van der Waals surface area contributed by atoms with Crippen LogP contribution in [0.4, 0.5) is 5.69 Å². The minimum absolute atomic E-state index is 0.0274. The molecule has 0 atom stereocenters. The Balaban J connectivity index is 2.06. The number of hydrogen-bond acceptors (Lipinski definition) is 6. The first kappa shape index (κ1) is 13.7. The number of hydrogen-bond donors (Lipinski definition) is 0. The molecule has 0 aliphatic carbocycles. The van der Waals surface area contributed by atoms with Crippen LogP contribution < -0.4 is 0 Å². The molecule has 8 nitrogen and oxygen atoms in total. The normalized spacial score (nSPS) is 10.2. The summed E-state index contributed by atoms with van der Waals surface area (Å²) in [5, 5.41) is 18.0. The zero-order valence-corrected chi connectivity index (χ0v) is 10.7. The highest BCUT2D eigenvalue weighted by Gasteiger charge is 2.12. The van der Waals surface area contributed by atoms with Crippen molar-refractivity contribution in [1.29, 1.82) is 0 Å². The first-order valence-electron chi connectivity index (χ1n) is 5.90. The van der Waals surface area contributed by atoms with Gasteiger partial charge in [0.05, 0.1) is 24.3 Å². The van der Waals surface area contributed by atoms with E-state index in [0.717, 1.165) is 5.56 Å². The Morgan fingerprint density at radius 2 is 2.10 bits per heavy atom. The van der Waals surface area contributed by atoms with Crippen molar-refractivity contribution in [2.45, 2.75) is 13.5 Å². The highest BCUT2D eigenvalue weighted by molar-refractivity contribution is 5.86. The van der Waals surface area contributed by atoms with Crippen molar-refractivity contribution in [3.63, 3.8) is 0 Å². The molecule has 0 aliphatic heterocycles. The fraction of sp³-hybridized carbons (Fsp3) is 0.250. The highest BCUT2D eigenvalue weighted by Crippen LogP contribution is 2.12. The molecule has 0 N–H and O–H groups in total. The minimum atomic E-state index is -0.526. The maximum Gasteiger partial charge on any atom is 0.360 e. The van der Waals surface area contributed by atoms with Gasteiger partial charge in [0.2, 0.25) is 0 Å². The lowest BCUT2D eigenvalue weighted by molar-refractivity contribution is -0.384. The Hall–Kier alpha value is -2.77. The molecule has 20 heavy (non-hydrogen) atoms. The summed E-state index contributed by atoms with van der Waals surface area (Å²) in [4.78, 5) is 21.5. The van der Waals surface area contributed by atoms with E-state index < -0.39 is 10.9 Å². The molecule has 0 saturated carbocycles. The maximum atomic E-state index is 11.4.